The molecule has 0 aliphatic rings. The zero-order valence-corrected chi connectivity index (χ0v) is 16.7. The Balaban J connectivity index is -0.000000347. The number of unbranched alkanes of at least 4 members (excludes halogenated alkanes) is 4. The Hall–Kier alpha value is -0.0600. The van der Waals surface area contributed by atoms with Crippen molar-refractivity contribution in [3.8, 4) is 0 Å². The largest absolute Gasteiger partial charge is 1.00 e. The summed E-state index contributed by atoms with van der Waals surface area (Å²) in [5, 5.41) is 15.4. The summed E-state index contributed by atoms with van der Waals surface area (Å²) in [5.41, 5.74) is 0.421. The summed E-state index contributed by atoms with van der Waals surface area (Å²) in [4.78, 5) is 18.9. The Kier molecular flexibility index (Phi) is 18.3. The summed E-state index contributed by atoms with van der Waals surface area (Å²) >= 11 is 0. The number of carboxylic acid groups (broad SMARTS) is 2. The van der Waals surface area contributed by atoms with Gasteiger partial charge >= 0.3 is 41.5 Å². The van der Waals surface area contributed by atoms with E-state index in [2.05, 4.69) is 34.6 Å². The van der Waals surface area contributed by atoms with Gasteiger partial charge in [0.15, 0.2) is 0 Å². The molecule has 0 aromatic rings. The standard InChI is InChI=1S/C13H27.C3H4O4.Na/c1-6-7-8-9-10-11-12(2)13(3,4)5;4-2(5)1-3(6)7;/h6-11H2,1-5H3;1H2,(H,4,5)(H,6,7);/q-1;;+1. The van der Waals surface area contributed by atoms with E-state index in [1.165, 1.54) is 38.5 Å². The minimum atomic E-state index is -1.31. The fourth-order valence-electron chi connectivity index (χ4n) is 1.50. The van der Waals surface area contributed by atoms with Crippen LogP contribution < -0.4 is 29.6 Å². The molecular weight excluding hydrogens is 279 g/mol. The second-order valence-electron chi connectivity index (χ2n) is 6.16. The van der Waals surface area contributed by atoms with Crippen molar-refractivity contribution in [1.29, 1.82) is 0 Å². The molecule has 0 heterocycles. The number of carbonyl (C=O) groups is 2. The van der Waals surface area contributed by atoms with Gasteiger partial charge in [0, 0.05) is 0 Å². The molecule has 0 aliphatic carbocycles. The van der Waals surface area contributed by atoms with Gasteiger partial charge in [-0.05, 0) is 0 Å². The van der Waals surface area contributed by atoms with Crippen LogP contribution in [-0.4, -0.2) is 22.2 Å². The molecule has 120 valence electrons. The first-order valence-electron chi connectivity index (χ1n) is 7.37. The summed E-state index contributed by atoms with van der Waals surface area (Å²) in [6.45, 7) is 11.5. The van der Waals surface area contributed by atoms with Crippen molar-refractivity contribution >= 4 is 11.9 Å². The van der Waals surface area contributed by atoms with Crippen LogP contribution in [0.25, 0.3) is 0 Å². The maximum atomic E-state index is 9.43. The van der Waals surface area contributed by atoms with Crippen molar-refractivity contribution in [1.82, 2.24) is 0 Å². The van der Waals surface area contributed by atoms with E-state index in [1.807, 2.05) is 0 Å². The minimum Gasteiger partial charge on any atom is -0.481 e. The zero-order valence-electron chi connectivity index (χ0n) is 14.7. The Morgan fingerprint density at radius 3 is 1.67 bits per heavy atom. The van der Waals surface area contributed by atoms with Crippen LogP contribution in [-0.2, 0) is 9.59 Å². The smallest absolute Gasteiger partial charge is 0.481 e. The molecule has 0 atom stereocenters. The van der Waals surface area contributed by atoms with Crippen molar-refractivity contribution in [3.63, 3.8) is 0 Å². The van der Waals surface area contributed by atoms with Crippen LogP contribution in [0.1, 0.15) is 79.6 Å². The topological polar surface area (TPSA) is 74.6 Å². The van der Waals surface area contributed by atoms with Crippen molar-refractivity contribution in [2.45, 2.75) is 79.6 Å². The first kappa shape index (κ1) is 25.9. The van der Waals surface area contributed by atoms with Crippen molar-refractivity contribution in [2.24, 2.45) is 5.41 Å². The van der Waals surface area contributed by atoms with Crippen LogP contribution in [0.5, 0.6) is 0 Å². The summed E-state index contributed by atoms with van der Waals surface area (Å²) in [7, 11) is 0. The Morgan fingerprint density at radius 1 is 0.952 bits per heavy atom. The molecule has 0 fully saturated rings. The van der Waals surface area contributed by atoms with E-state index in [0.717, 1.165) is 0 Å². The van der Waals surface area contributed by atoms with Gasteiger partial charge in [-0.3, -0.25) is 9.59 Å². The SMILES string of the molecule is CCCCCCC[C-](C)C(C)(C)C.O=C(O)CC(=O)O.[Na+]. The zero-order chi connectivity index (χ0) is 16.2. The van der Waals surface area contributed by atoms with E-state index < -0.39 is 18.4 Å². The van der Waals surface area contributed by atoms with Gasteiger partial charge in [-0.25, -0.2) is 0 Å². The van der Waals surface area contributed by atoms with Crippen LogP contribution >= 0.6 is 0 Å². The van der Waals surface area contributed by atoms with Gasteiger partial charge in [-0.15, -0.1) is 0 Å². The molecule has 21 heavy (non-hydrogen) atoms. The molecule has 4 nitrogen and oxygen atoms in total. The van der Waals surface area contributed by atoms with E-state index in [-0.39, 0.29) is 29.6 Å². The molecule has 5 heteroatoms. The average molecular weight is 310 g/mol. The van der Waals surface area contributed by atoms with Crippen LogP contribution in [0.3, 0.4) is 0 Å². The van der Waals surface area contributed by atoms with Crippen LogP contribution in [0.15, 0.2) is 0 Å². The molecule has 0 bridgehead atoms. The van der Waals surface area contributed by atoms with Crippen molar-refractivity contribution < 1.29 is 49.4 Å². The van der Waals surface area contributed by atoms with Crippen LogP contribution in [0.2, 0.25) is 0 Å². The van der Waals surface area contributed by atoms with Gasteiger partial charge in [-0.1, -0.05) is 59.8 Å². The quantitative estimate of drug-likeness (QED) is 0.309. The van der Waals surface area contributed by atoms with E-state index in [9.17, 15) is 9.59 Å². The maximum absolute atomic E-state index is 9.43. The third kappa shape index (κ3) is 22.4. The first-order valence-corrected chi connectivity index (χ1v) is 7.37. The summed E-state index contributed by atoms with van der Waals surface area (Å²) in [5.74, 6) is -0.969. The van der Waals surface area contributed by atoms with Gasteiger partial charge < -0.3 is 16.1 Å². The molecule has 0 spiro atoms. The molecule has 2 N–H and O–H groups in total. The molecule has 0 radical (unpaired) electrons. The molecule has 0 saturated carbocycles. The molecule has 0 aliphatic heterocycles. The monoisotopic (exact) mass is 310 g/mol. The summed E-state index contributed by atoms with van der Waals surface area (Å²) < 4.78 is 0. The first-order chi connectivity index (χ1) is 9.11. The number of hydrogen-bond donors (Lipinski definition) is 2. The van der Waals surface area contributed by atoms with Gasteiger partial charge in [0.25, 0.3) is 0 Å². The second-order valence-corrected chi connectivity index (χ2v) is 6.16. The summed E-state index contributed by atoms with van der Waals surface area (Å²) in [6.07, 6.45) is 7.52. The third-order valence-electron chi connectivity index (χ3n) is 3.24. The van der Waals surface area contributed by atoms with Crippen LogP contribution in [0.4, 0.5) is 0 Å². The minimum absolute atomic E-state index is 0. The second kappa shape index (κ2) is 14.9. The predicted octanol–water partition coefficient (Wildman–Crippen LogP) is 1.54. The molecule has 0 aromatic heterocycles. The predicted molar refractivity (Wildman–Crippen MR) is 81.6 cm³/mol. The molecule has 0 aromatic carbocycles. The molecule has 0 rings (SSSR count). The molecular formula is C16H31NaO4. The normalized spacial score (nSPS) is 10.4. The molecule has 0 amide bonds. The molecule has 0 saturated heterocycles. The number of aliphatic carboxylic acids is 2. The van der Waals surface area contributed by atoms with Crippen molar-refractivity contribution in [2.75, 3.05) is 0 Å². The van der Waals surface area contributed by atoms with Gasteiger partial charge in [0.05, 0.1) is 0 Å². The van der Waals surface area contributed by atoms with E-state index >= 15 is 0 Å². The number of hydrogen-bond acceptors (Lipinski definition) is 2. The maximum Gasteiger partial charge on any atom is 1.00 e. The van der Waals surface area contributed by atoms with Gasteiger partial charge in [-0.2, -0.15) is 18.8 Å². The average Bonchev–Trinajstić information content (AvgIpc) is 2.26. The number of rotatable bonds is 8. The fourth-order valence-corrected chi connectivity index (χ4v) is 1.50. The van der Waals surface area contributed by atoms with Gasteiger partial charge in [0.2, 0.25) is 0 Å². The number of carboxylic acids is 2. The van der Waals surface area contributed by atoms with Crippen LogP contribution in [0, 0.1) is 11.3 Å². The fraction of sp³-hybridized carbons (Fsp3) is 0.812. The van der Waals surface area contributed by atoms with Gasteiger partial charge in [0.1, 0.15) is 6.42 Å². The van der Waals surface area contributed by atoms with Crippen molar-refractivity contribution in [3.05, 3.63) is 5.92 Å². The Labute approximate surface area is 152 Å². The van der Waals surface area contributed by atoms with E-state index in [0.29, 0.717) is 5.41 Å². The summed E-state index contributed by atoms with van der Waals surface area (Å²) in [6, 6.07) is 0. The molecule has 0 unspecified atom stereocenters. The Morgan fingerprint density at radius 2 is 1.38 bits per heavy atom. The van der Waals surface area contributed by atoms with E-state index in [4.69, 9.17) is 10.2 Å². The third-order valence-corrected chi connectivity index (χ3v) is 3.24. The Bertz CT molecular complexity index is 260. The van der Waals surface area contributed by atoms with E-state index in [1.54, 1.807) is 5.92 Å².